The summed E-state index contributed by atoms with van der Waals surface area (Å²) in [7, 11) is 1.25. The zero-order chi connectivity index (χ0) is 27.6. The van der Waals surface area contributed by atoms with Crippen LogP contribution in [0.25, 0.3) is 10.9 Å². The normalized spacial score (nSPS) is 23.1. The van der Waals surface area contributed by atoms with Gasteiger partial charge in [0.2, 0.25) is 12.2 Å². The number of carbonyl (C=O) groups is 2. The van der Waals surface area contributed by atoms with Crippen LogP contribution in [0.5, 0.6) is 5.75 Å². The Hall–Kier alpha value is -3.19. The Balaban J connectivity index is 1.68. The first kappa shape index (κ1) is 27.8. The smallest absolute Gasteiger partial charge is 0.341 e. The van der Waals surface area contributed by atoms with Gasteiger partial charge in [0, 0.05) is 30.3 Å². The number of benzene rings is 2. The van der Waals surface area contributed by atoms with Gasteiger partial charge in [0.25, 0.3) is 0 Å². The molecule has 5 N–H and O–H groups in total. The van der Waals surface area contributed by atoms with Gasteiger partial charge >= 0.3 is 5.97 Å². The molecule has 1 aliphatic heterocycles. The Bertz CT molecular complexity index is 1360. The SMILES string of the molecule is COC(=O)c1cnc2c(Cl)c(Cl)ccc2c1Nc1cccc(OC2OC(CO)C(O)C(O)C2NC(C)=O)c1. The van der Waals surface area contributed by atoms with Crippen molar-refractivity contribution in [3.05, 3.63) is 58.2 Å². The van der Waals surface area contributed by atoms with Crippen LogP contribution in [-0.4, -0.2) is 76.5 Å². The van der Waals surface area contributed by atoms with E-state index in [0.717, 1.165) is 0 Å². The molecule has 11 nitrogen and oxygen atoms in total. The van der Waals surface area contributed by atoms with Crippen molar-refractivity contribution in [3.8, 4) is 5.75 Å². The predicted molar refractivity (Wildman–Crippen MR) is 139 cm³/mol. The Morgan fingerprint density at radius 3 is 2.61 bits per heavy atom. The molecule has 0 radical (unpaired) electrons. The standard InChI is InChI=1S/C25H25Cl2N3O8/c1-11(32)29-21-23(34)22(33)17(10-31)38-25(21)37-13-5-3-4-12(8-13)30-19-14-6-7-16(26)18(27)20(14)28-9-15(19)24(35)36-2/h3-9,17,21-23,25,31,33-34H,10H2,1-2H3,(H,28,30)(H,29,32). The number of amides is 1. The highest BCUT2D eigenvalue weighted by atomic mass is 35.5. The summed E-state index contributed by atoms with van der Waals surface area (Å²) in [5, 5.41) is 37.0. The summed E-state index contributed by atoms with van der Waals surface area (Å²) in [4.78, 5) is 28.5. The van der Waals surface area contributed by atoms with Crippen molar-refractivity contribution >= 4 is 57.4 Å². The topological polar surface area (TPSA) is 159 Å². The highest BCUT2D eigenvalue weighted by molar-refractivity contribution is 6.45. The number of aliphatic hydroxyl groups is 3. The van der Waals surface area contributed by atoms with Gasteiger partial charge in [0.05, 0.1) is 35.0 Å². The first-order valence-electron chi connectivity index (χ1n) is 11.4. The van der Waals surface area contributed by atoms with Crippen molar-refractivity contribution in [2.75, 3.05) is 19.0 Å². The number of esters is 1. The van der Waals surface area contributed by atoms with Crippen LogP contribution in [-0.2, 0) is 14.3 Å². The molecule has 4 rings (SSSR count). The summed E-state index contributed by atoms with van der Waals surface area (Å²) in [6, 6.07) is 8.69. The van der Waals surface area contributed by atoms with E-state index in [9.17, 15) is 24.9 Å². The van der Waals surface area contributed by atoms with Gasteiger partial charge in [0.15, 0.2) is 0 Å². The number of carbonyl (C=O) groups excluding carboxylic acids is 2. The first-order chi connectivity index (χ1) is 18.1. The molecule has 13 heteroatoms. The second kappa shape index (κ2) is 11.7. The third-order valence-corrected chi connectivity index (χ3v) is 6.74. The molecule has 2 aromatic carbocycles. The molecule has 38 heavy (non-hydrogen) atoms. The monoisotopic (exact) mass is 565 g/mol. The van der Waals surface area contributed by atoms with E-state index in [1.54, 1.807) is 36.4 Å². The van der Waals surface area contributed by atoms with Gasteiger partial charge in [-0.05, 0) is 24.3 Å². The lowest BCUT2D eigenvalue weighted by Crippen LogP contribution is -2.65. The minimum Gasteiger partial charge on any atom is -0.465 e. The van der Waals surface area contributed by atoms with Crippen LogP contribution in [0.15, 0.2) is 42.6 Å². The quantitative estimate of drug-likeness (QED) is 0.269. The van der Waals surface area contributed by atoms with Crippen LogP contribution in [0.3, 0.4) is 0 Å². The number of aromatic nitrogens is 1. The van der Waals surface area contributed by atoms with E-state index >= 15 is 0 Å². The van der Waals surface area contributed by atoms with Gasteiger partial charge in [-0.3, -0.25) is 9.78 Å². The van der Waals surface area contributed by atoms with Gasteiger partial charge in [-0.1, -0.05) is 29.3 Å². The second-order valence-electron chi connectivity index (χ2n) is 8.50. The molecule has 3 aromatic rings. The lowest BCUT2D eigenvalue weighted by Gasteiger charge is -2.42. The van der Waals surface area contributed by atoms with E-state index in [4.69, 9.17) is 37.4 Å². The van der Waals surface area contributed by atoms with Crippen LogP contribution >= 0.6 is 23.2 Å². The molecular weight excluding hydrogens is 541 g/mol. The zero-order valence-corrected chi connectivity index (χ0v) is 21.7. The molecule has 2 heterocycles. The molecule has 0 aliphatic carbocycles. The molecule has 1 fully saturated rings. The minimum absolute atomic E-state index is 0.147. The number of halogens is 2. The van der Waals surface area contributed by atoms with Crippen molar-refractivity contribution < 1.29 is 39.1 Å². The number of hydrogen-bond acceptors (Lipinski definition) is 10. The van der Waals surface area contributed by atoms with Crippen LogP contribution in [0.1, 0.15) is 17.3 Å². The van der Waals surface area contributed by atoms with Crippen LogP contribution in [0.2, 0.25) is 10.0 Å². The van der Waals surface area contributed by atoms with Crippen molar-refractivity contribution in [3.63, 3.8) is 0 Å². The van der Waals surface area contributed by atoms with Crippen molar-refractivity contribution in [1.82, 2.24) is 10.3 Å². The number of methoxy groups -OCH3 is 1. The highest BCUT2D eigenvalue weighted by Gasteiger charge is 2.46. The van der Waals surface area contributed by atoms with E-state index in [0.29, 0.717) is 27.3 Å². The van der Waals surface area contributed by atoms with Crippen LogP contribution < -0.4 is 15.4 Å². The number of ether oxygens (including phenoxy) is 3. The summed E-state index contributed by atoms with van der Waals surface area (Å²) < 4.78 is 16.5. The van der Waals surface area contributed by atoms with Gasteiger partial charge in [-0.15, -0.1) is 0 Å². The number of nitrogens with zero attached hydrogens (tertiary/aromatic N) is 1. The van der Waals surface area contributed by atoms with Gasteiger partial charge < -0.3 is 40.2 Å². The molecule has 202 valence electrons. The van der Waals surface area contributed by atoms with Crippen LogP contribution in [0, 0.1) is 0 Å². The molecule has 5 atom stereocenters. The average Bonchev–Trinajstić information content (AvgIpc) is 2.90. The maximum absolute atomic E-state index is 12.5. The summed E-state index contributed by atoms with van der Waals surface area (Å²) in [5.41, 5.74) is 1.37. The number of hydrogen-bond donors (Lipinski definition) is 5. The van der Waals surface area contributed by atoms with E-state index in [-0.39, 0.29) is 16.3 Å². The number of fused-ring (bicyclic) bond motifs is 1. The maximum atomic E-state index is 12.5. The fourth-order valence-corrected chi connectivity index (χ4v) is 4.47. The number of aliphatic hydroxyl groups excluding tert-OH is 3. The van der Waals surface area contributed by atoms with Gasteiger partial charge in [0.1, 0.15) is 35.7 Å². The second-order valence-corrected chi connectivity index (χ2v) is 9.28. The molecule has 1 amide bonds. The number of anilines is 2. The Morgan fingerprint density at radius 2 is 1.92 bits per heavy atom. The molecule has 0 bridgehead atoms. The fraction of sp³-hybridized carbons (Fsp3) is 0.320. The molecule has 0 spiro atoms. The third kappa shape index (κ3) is 5.63. The Morgan fingerprint density at radius 1 is 1.16 bits per heavy atom. The summed E-state index contributed by atoms with van der Waals surface area (Å²) >= 11 is 12.5. The zero-order valence-electron chi connectivity index (χ0n) is 20.2. The Labute approximate surface area is 227 Å². The van der Waals surface area contributed by atoms with E-state index in [1.807, 2.05) is 0 Å². The molecule has 1 aromatic heterocycles. The number of rotatable bonds is 7. The molecule has 1 saturated heterocycles. The van der Waals surface area contributed by atoms with Crippen molar-refractivity contribution in [2.45, 2.75) is 37.6 Å². The summed E-state index contributed by atoms with van der Waals surface area (Å²) in [6.45, 7) is 0.667. The lowest BCUT2D eigenvalue weighted by atomic mass is 9.97. The van der Waals surface area contributed by atoms with Crippen LogP contribution in [0.4, 0.5) is 11.4 Å². The number of pyridine rings is 1. The largest absolute Gasteiger partial charge is 0.465 e. The molecule has 5 unspecified atom stereocenters. The molecule has 1 aliphatic rings. The minimum atomic E-state index is -1.46. The average molecular weight is 566 g/mol. The molecular formula is C25H25Cl2N3O8. The molecule has 0 saturated carbocycles. The fourth-order valence-electron chi connectivity index (χ4n) is 4.10. The first-order valence-corrected chi connectivity index (χ1v) is 12.2. The van der Waals surface area contributed by atoms with Crippen molar-refractivity contribution in [1.29, 1.82) is 0 Å². The number of nitrogens with one attached hydrogen (secondary N) is 2. The van der Waals surface area contributed by atoms with E-state index in [2.05, 4.69) is 15.6 Å². The Kier molecular flexibility index (Phi) is 8.56. The maximum Gasteiger partial charge on any atom is 0.341 e. The predicted octanol–water partition coefficient (Wildman–Crippen LogP) is 2.39. The highest BCUT2D eigenvalue weighted by Crippen LogP contribution is 2.37. The van der Waals surface area contributed by atoms with Gasteiger partial charge in [-0.2, -0.15) is 0 Å². The van der Waals surface area contributed by atoms with Gasteiger partial charge in [-0.25, -0.2) is 4.79 Å². The lowest BCUT2D eigenvalue weighted by molar-refractivity contribution is -0.244. The summed E-state index contributed by atoms with van der Waals surface area (Å²) in [6.07, 6.45) is -3.95. The van der Waals surface area contributed by atoms with E-state index in [1.165, 1.54) is 20.2 Å². The third-order valence-electron chi connectivity index (χ3n) is 5.94. The van der Waals surface area contributed by atoms with E-state index < -0.39 is 49.1 Å². The summed E-state index contributed by atoms with van der Waals surface area (Å²) in [5.74, 6) is -0.846. The van der Waals surface area contributed by atoms with Crippen molar-refractivity contribution in [2.24, 2.45) is 0 Å².